The Morgan fingerprint density at radius 1 is 1.22 bits per heavy atom. The van der Waals surface area contributed by atoms with Gasteiger partial charge < -0.3 is 9.47 Å². The number of hydrogen-bond donors (Lipinski definition) is 0. The summed E-state index contributed by atoms with van der Waals surface area (Å²) in [7, 11) is 2.98. The fourth-order valence-corrected chi connectivity index (χ4v) is 1.03. The van der Waals surface area contributed by atoms with Gasteiger partial charge in [0.25, 0.3) is 0 Å². The smallest absolute Gasteiger partial charge is 0.248 e. The van der Waals surface area contributed by atoms with Crippen molar-refractivity contribution in [3.8, 4) is 11.8 Å². The van der Waals surface area contributed by atoms with Crippen molar-refractivity contribution in [1.29, 1.82) is 0 Å². The molecule has 0 saturated heterocycles. The van der Waals surface area contributed by atoms with Crippen LogP contribution in [0.2, 0.25) is 0 Å². The highest BCUT2D eigenvalue weighted by Crippen LogP contribution is 2.33. The number of hydrogen-bond acceptors (Lipinski definition) is 7. The standard InChI is InChI=1S/C8H9N3O2S.CCl2S/c1-5-10-7(12-2)6(9-4-14)8(11-5)13-3;2-1(3)4/h1-3H3;. The van der Waals surface area contributed by atoms with Crippen molar-refractivity contribution in [2.24, 2.45) is 4.99 Å². The molecule has 0 aromatic carbocycles. The predicted molar refractivity (Wildman–Crippen MR) is 78.9 cm³/mol. The predicted octanol–water partition coefficient (Wildman–Crippen LogP) is 3.29. The van der Waals surface area contributed by atoms with E-state index in [0.29, 0.717) is 23.3 Å². The Morgan fingerprint density at radius 2 is 1.61 bits per heavy atom. The summed E-state index contributed by atoms with van der Waals surface area (Å²) in [4.78, 5) is 11.8. The van der Waals surface area contributed by atoms with Crippen LogP contribution in [0.4, 0.5) is 5.69 Å². The highest BCUT2D eigenvalue weighted by atomic mass is 35.5. The van der Waals surface area contributed by atoms with Crippen molar-refractivity contribution in [2.45, 2.75) is 6.92 Å². The first-order valence-corrected chi connectivity index (χ1v) is 5.93. The van der Waals surface area contributed by atoms with Gasteiger partial charge in [0.05, 0.1) is 19.4 Å². The van der Waals surface area contributed by atoms with Crippen LogP contribution in [0.25, 0.3) is 0 Å². The van der Waals surface area contributed by atoms with E-state index < -0.39 is 0 Å². The topological polar surface area (TPSA) is 56.6 Å². The molecule has 0 saturated carbocycles. The van der Waals surface area contributed by atoms with E-state index in [4.69, 9.17) is 32.7 Å². The summed E-state index contributed by atoms with van der Waals surface area (Å²) in [6.45, 7) is 1.73. The molecule has 1 rings (SSSR count). The second-order valence-electron chi connectivity index (χ2n) is 2.57. The molecule has 98 valence electrons. The maximum absolute atomic E-state index is 5.01. The molecule has 0 aliphatic heterocycles. The van der Waals surface area contributed by atoms with Crippen LogP contribution in [-0.4, -0.2) is 33.1 Å². The number of halogens is 2. The van der Waals surface area contributed by atoms with Crippen LogP contribution in [0.5, 0.6) is 11.8 Å². The Kier molecular flexibility index (Phi) is 8.70. The third-order valence-corrected chi connectivity index (χ3v) is 1.57. The molecule has 0 radical (unpaired) electrons. The number of thiocarbonyl (C=S) groups is 2. The lowest BCUT2D eigenvalue weighted by molar-refractivity contribution is 0.372. The highest BCUT2D eigenvalue weighted by Gasteiger charge is 2.13. The Bertz CT molecular complexity index is 450. The van der Waals surface area contributed by atoms with Crippen LogP contribution in [0.15, 0.2) is 4.99 Å². The van der Waals surface area contributed by atoms with E-state index in [2.05, 4.69) is 44.6 Å². The zero-order valence-electron chi connectivity index (χ0n) is 9.73. The summed E-state index contributed by atoms with van der Waals surface area (Å²) in [5.74, 6) is 1.19. The van der Waals surface area contributed by atoms with Gasteiger partial charge in [-0.3, -0.25) is 0 Å². The van der Waals surface area contributed by atoms with Gasteiger partial charge in [-0.2, -0.15) is 15.0 Å². The second-order valence-corrected chi connectivity index (χ2v) is 4.56. The van der Waals surface area contributed by atoms with Crippen LogP contribution in [0.3, 0.4) is 0 Å². The molecule has 0 aliphatic rings. The summed E-state index contributed by atoms with van der Waals surface area (Å²) in [5, 5.41) is 2.22. The van der Waals surface area contributed by atoms with Gasteiger partial charge in [-0.05, 0) is 19.1 Å². The van der Waals surface area contributed by atoms with Gasteiger partial charge >= 0.3 is 0 Å². The monoisotopic (exact) mass is 325 g/mol. The number of aliphatic imine (C=N–C) groups is 1. The molecule has 0 bridgehead atoms. The molecule has 5 nitrogen and oxygen atoms in total. The number of aryl methyl sites for hydroxylation is 1. The van der Waals surface area contributed by atoms with Crippen molar-refractivity contribution < 1.29 is 9.47 Å². The van der Waals surface area contributed by atoms with Crippen LogP contribution < -0.4 is 9.47 Å². The lowest BCUT2D eigenvalue weighted by Crippen LogP contribution is -1.97. The first kappa shape index (κ1) is 17.2. The van der Waals surface area contributed by atoms with Gasteiger partial charge in [-0.25, -0.2) is 0 Å². The van der Waals surface area contributed by atoms with Crippen LogP contribution in [0.1, 0.15) is 5.82 Å². The Morgan fingerprint density at radius 3 is 1.89 bits per heavy atom. The van der Waals surface area contributed by atoms with Gasteiger partial charge in [-0.15, -0.1) is 0 Å². The van der Waals surface area contributed by atoms with Crippen molar-refractivity contribution in [3.63, 3.8) is 0 Å². The molecular formula is C9H9Cl2N3O2S2. The van der Waals surface area contributed by atoms with Crippen LogP contribution in [0, 0.1) is 6.92 Å². The molecule has 0 aliphatic carbocycles. The minimum atomic E-state index is -0.0556. The molecule has 18 heavy (non-hydrogen) atoms. The van der Waals surface area contributed by atoms with E-state index in [9.17, 15) is 0 Å². The molecule has 0 spiro atoms. The SMILES string of the molecule is COc1nc(C)nc(OC)c1N=C=S.S=C(Cl)Cl. The van der Waals surface area contributed by atoms with E-state index in [-0.39, 0.29) is 3.78 Å². The summed E-state index contributed by atoms with van der Waals surface area (Å²) in [6.07, 6.45) is 0. The van der Waals surface area contributed by atoms with E-state index in [1.165, 1.54) is 14.2 Å². The molecule has 0 atom stereocenters. The average molecular weight is 326 g/mol. The molecule has 0 N–H and O–H groups in total. The first-order valence-electron chi connectivity index (χ1n) is 4.35. The Labute approximate surface area is 125 Å². The number of rotatable bonds is 3. The molecule has 9 heteroatoms. The lowest BCUT2D eigenvalue weighted by Gasteiger charge is -2.06. The normalized spacial score (nSPS) is 8.50. The average Bonchev–Trinajstić information content (AvgIpc) is 2.30. The maximum Gasteiger partial charge on any atom is 0.248 e. The third kappa shape index (κ3) is 6.18. The van der Waals surface area contributed by atoms with Gasteiger partial charge in [0.2, 0.25) is 11.8 Å². The maximum atomic E-state index is 5.01. The van der Waals surface area contributed by atoms with Gasteiger partial charge in [0, 0.05) is 0 Å². The zero-order valence-corrected chi connectivity index (χ0v) is 12.9. The Hall–Kier alpha value is -0.850. The molecule has 1 aromatic rings. The molecule has 1 aromatic heterocycles. The largest absolute Gasteiger partial charge is 0.479 e. The van der Waals surface area contributed by atoms with Crippen molar-refractivity contribution in [3.05, 3.63) is 5.82 Å². The van der Waals surface area contributed by atoms with Gasteiger partial charge in [0.15, 0.2) is 9.47 Å². The number of aromatic nitrogens is 2. The van der Waals surface area contributed by atoms with Gasteiger partial charge in [-0.1, -0.05) is 35.4 Å². The molecule has 0 unspecified atom stereocenters. The van der Waals surface area contributed by atoms with E-state index in [1.54, 1.807) is 6.92 Å². The van der Waals surface area contributed by atoms with E-state index in [0.717, 1.165) is 0 Å². The minimum absolute atomic E-state index is 0.0556. The summed E-state index contributed by atoms with van der Waals surface area (Å²) < 4.78 is 9.96. The second kappa shape index (κ2) is 9.13. The van der Waals surface area contributed by atoms with E-state index >= 15 is 0 Å². The molecular weight excluding hydrogens is 317 g/mol. The van der Waals surface area contributed by atoms with Crippen molar-refractivity contribution in [2.75, 3.05) is 14.2 Å². The number of nitrogens with zero attached hydrogens (tertiary/aromatic N) is 3. The third-order valence-electron chi connectivity index (χ3n) is 1.48. The fourth-order valence-electron chi connectivity index (χ4n) is 0.942. The fraction of sp³-hybridized carbons (Fsp3) is 0.333. The number of methoxy groups -OCH3 is 2. The number of isothiocyanates is 1. The minimum Gasteiger partial charge on any atom is -0.479 e. The zero-order chi connectivity index (χ0) is 14.1. The highest BCUT2D eigenvalue weighted by molar-refractivity contribution is 7.86. The first-order chi connectivity index (χ1) is 8.46. The van der Waals surface area contributed by atoms with Gasteiger partial charge in [0.1, 0.15) is 5.82 Å². The van der Waals surface area contributed by atoms with Crippen molar-refractivity contribution in [1.82, 2.24) is 9.97 Å². The van der Waals surface area contributed by atoms with Crippen molar-refractivity contribution >= 4 is 62.3 Å². The van der Waals surface area contributed by atoms with Crippen LogP contribution in [-0.2, 0) is 0 Å². The summed E-state index contributed by atoms with van der Waals surface area (Å²) in [5.41, 5.74) is 0.357. The lowest BCUT2D eigenvalue weighted by atomic mass is 10.4. The molecule has 0 fully saturated rings. The van der Waals surface area contributed by atoms with Crippen LogP contribution >= 0.6 is 47.6 Å². The molecule has 1 heterocycles. The quantitative estimate of drug-likeness (QED) is 0.483. The summed E-state index contributed by atoms with van der Waals surface area (Å²) in [6, 6.07) is 0. The summed E-state index contributed by atoms with van der Waals surface area (Å²) >= 11 is 18.1. The molecule has 0 amide bonds. The van der Waals surface area contributed by atoms with E-state index in [1.807, 2.05) is 0 Å². The Balaban J connectivity index is 0.000000631. The number of ether oxygens (including phenoxy) is 2.